The number of Topliss-reactive ketones (excluding diaryl/α,β-unsaturated/α-hetero) is 1. The highest BCUT2D eigenvalue weighted by atomic mass is 19.4. The van der Waals surface area contributed by atoms with Crippen LogP contribution in [0.15, 0.2) is 30.4 Å². The van der Waals surface area contributed by atoms with Gasteiger partial charge in [-0.2, -0.15) is 26.3 Å². The van der Waals surface area contributed by atoms with Crippen LogP contribution < -0.4 is 0 Å². The van der Waals surface area contributed by atoms with Crippen molar-refractivity contribution in [2.24, 2.45) is 11.8 Å². The Morgan fingerprint density at radius 2 is 1.52 bits per heavy atom. The molecule has 1 aliphatic carbocycles. The van der Waals surface area contributed by atoms with E-state index < -0.39 is 40.8 Å². The molecule has 0 bridgehead atoms. The van der Waals surface area contributed by atoms with Crippen molar-refractivity contribution in [2.45, 2.75) is 63.7 Å². The first-order valence-corrected chi connectivity index (χ1v) is 10.6. The highest BCUT2D eigenvalue weighted by Crippen LogP contribution is 2.37. The van der Waals surface area contributed by atoms with E-state index in [9.17, 15) is 40.7 Å². The molecule has 2 atom stereocenters. The van der Waals surface area contributed by atoms with Crippen molar-refractivity contribution in [3.05, 3.63) is 47.0 Å². The fourth-order valence-electron chi connectivity index (χ4n) is 3.94. The van der Waals surface area contributed by atoms with Crippen molar-refractivity contribution in [3.8, 4) is 0 Å². The highest BCUT2D eigenvalue weighted by molar-refractivity contribution is 6.04. The van der Waals surface area contributed by atoms with Gasteiger partial charge in [0, 0.05) is 24.3 Å². The molecule has 182 valence electrons. The molecule has 0 heterocycles. The molecule has 4 nitrogen and oxygen atoms in total. The van der Waals surface area contributed by atoms with Gasteiger partial charge in [-0.15, -0.1) is 0 Å². The predicted octanol–water partition coefficient (Wildman–Crippen LogP) is 6.48. The average Bonchev–Trinajstić information content (AvgIpc) is 3.06. The maximum Gasteiger partial charge on any atom is 0.416 e. The fraction of sp³-hybridized carbons (Fsp3) is 0.522. The molecule has 1 aromatic rings. The van der Waals surface area contributed by atoms with Crippen LogP contribution in [0.3, 0.4) is 0 Å². The minimum Gasteiger partial charge on any atom is -0.481 e. The lowest BCUT2D eigenvalue weighted by Crippen LogP contribution is -2.14. The maximum atomic E-state index is 13.0. The number of rotatable bonds is 10. The third kappa shape index (κ3) is 8.01. The first-order chi connectivity index (χ1) is 15.3. The van der Waals surface area contributed by atoms with Crippen LogP contribution in [0.4, 0.5) is 26.3 Å². The Bertz CT molecular complexity index is 869. The Balaban J connectivity index is 2.07. The zero-order valence-electron chi connectivity index (χ0n) is 17.6. The molecule has 2 rings (SSSR count). The number of carbonyl (C=O) groups is 3. The number of alkyl halides is 6. The van der Waals surface area contributed by atoms with Crippen LogP contribution in [0.5, 0.6) is 0 Å². The summed E-state index contributed by atoms with van der Waals surface area (Å²) in [5.41, 5.74) is -3.86. The monoisotopic (exact) mass is 478 g/mol. The molecule has 0 aromatic heterocycles. The lowest BCUT2D eigenvalue weighted by atomic mass is 9.89. The Kier molecular flexibility index (Phi) is 8.85. The van der Waals surface area contributed by atoms with Gasteiger partial charge in [-0.1, -0.05) is 25.3 Å². The number of carboxylic acid groups (broad SMARTS) is 1. The van der Waals surface area contributed by atoms with Gasteiger partial charge in [0.2, 0.25) is 0 Å². The van der Waals surface area contributed by atoms with Crippen LogP contribution in [0.25, 0.3) is 0 Å². The van der Waals surface area contributed by atoms with Gasteiger partial charge >= 0.3 is 18.3 Å². The summed E-state index contributed by atoms with van der Waals surface area (Å²) in [6.45, 7) is 0. The van der Waals surface area contributed by atoms with Crippen molar-refractivity contribution in [2.75, 3.05) is 0 Å². The van der Waals surface area contributed by atoms with E-state index in [1.807, 2.05) is 0 Å². The summed E-state index contributed by atoms with van der Waals surface area (Å²) >= 11 is 0. The first-order valence-electron chi connectivity index (χ1n) is 10.6. The highest BCUT2D eigenvalue weighted by Gasteiger charge is 2.37. The van der Waals surface area contributed by atoms with Crippen molar-refractivity contribution in [3.63, 3.8) is 0 Å². The SMILES string of the molecule is O=C(O)CCCCCC[C@@H]1C(=O)CC[C@H]1C=CC(=O)c1cc(C(F)(F)F)cc(C(F)(F)F)c1. The van der Waals surface area contributed by atoms with E-state index in [-0.39, 0.29) is 36.5 Å². The Morgan fingerprint density at radius 3 is 2.06 bits per heavy atom. The molecule has 1 aliphatic rings. The van der Waals surface area contributed by atoms with Gasteiger partial charge in [0.05, 0.1) is 11.1 Å². The smallest absolute Gasteiger partial charge is 0.416 e. The summed E-state index contributed by atoms with van der Waals surface area (Å²) in [6.07, 6.45) is -3.79. The largest absolute Gasteiger partial charge is 0.481 e. The minimum absolute atomic E-state index is 0.000983. The maximum absolute atomic E-state index is 13.0. The first kappa shape index (κ1) is 26.6. The van der Waals surface area contributed by atoms with Gasteiger partial charge in [-0.25, -0.2) is 0 Å². The van der Waals surface area contributed by atoms with Crippen LogP contribution in [-0.4, -0.2) is 22.6 Å². The third-order valence-corrected chi connectivity index (χ3v) is 5.68. The quantitative estimate of drug-likeness (QED) is 0.181. The lowest BCUT2D eigenvalue weighted by Gasteiger charge is -2.15. The Labute approximate surface area is 186 Å². The second kappa shape index (κ2) is 11.0. The van der Waals surface area contributed by atoms with Crippen molar-refractivity contribution < 1.29 is 45.8 Å². The topological polar surface area (TPSA) is 71.4 Å². The summed E-state index contributed by atoms with van der Waals surface area (Å²) in [5.74, 6) is -2.58. The number of halogens is 6. The molecular weight excluding hydrogens is 454 g/mol. The van der Waals surface area contributed by atoms with Gasteiger partial charge in [-0.05, 0) is 49.5 Å². The number of hydrogen-bond acceptors (Lipinski definition) is 3. The summed E-state index contributed by atoms with van der Waals surface area (Å²) in [5, 5.41) is 8.62. The van der Waals surface area contributed by atoms with Gasteiger partial charge in [0.15, 0.2) is 5.78 Å². The molecule has 0 saturated heterocycles. The Morgan fingerprint density at radius 1 is 0.939 bits per heavy atom. The zero-order valence-corrected chi connectivity index (χ0v) is 17.6. The minimum atomic E-state index is -5.05. The van der Waals surface area contributed by atoms with Crippen LogP contribution in [0.2, 0.25) is 0 Å². The van der Waals surface area contributed by atoms with Crippen molar-refractivity contribution >= 4 is 17.5 Å². The number of ketones is 2. The van der Waals surface area contributed by atoms with E-state index in [2.05, 4.69) is 0 Å². The van der Waals surface area contributed by atoms with Gasteiger partial charge < -0.3 is 5.11 Å². The predicted molar refractivity (Wildman–Crippen MR) is 106 cm³/mol. The molecule has 33 heavy (non-hydrogen) atoms. The van der Waals surface area contributed by atoms with Crippen LogP contribution in [0, 0.1) is 11.8 Å². The van der Waals surface area contributed by atoms with Crippen molar-refractivity contribution in [1.82, 2.24) is 0 Å². The molecule has 0 aliphatic heterocycles. The second-order valence-corrected chi connectivity index (χ2v) is 8.14. The van der Waals surface area contributed by atoms with E-state index in [1.54, 1.807) is 0 Å². The van der Waals surface area contributed by atoms with Crippen LogP contribution >= 0.6 is 0 Å². The van der Waals surface area contributed by atoms with Gasteiger partial charge in [-0.3, -0.25) is 14.4 Å². The van der Waals surface area contributed by atoms with Crippen LogP contribution in [0.1, 0.15) is 72.9 Å². The van der Waals surface area contributed by atoms with Gasteiger partial charge in [0.25, 0.3) is 0 Å². The number of hydrogen-bond donors (Lipinski definition) is 1. The third-order valence-electron chi connectivity index (χ3n) is 5.68. The molecule has 1 N–H and O–H groups in total. The molecule has 0 radical (unpaired) electrons. The molecule has 1 saturated carbocycles. The van der Waals surface area contributed by atoms with Gasteiger partial charge in [0.1, 0.15) is 5.78 Å². The van der Waals surface area contributed by atoms with E-state index in [0.717, 1.165) is 12.5 Å². The number of benzene rings is 1. The molecule has 1 aromatic carbocycles. The van der Waals surface area contributed by atoms with E-state index in [1.165, 1.54) is 6.08 Å². The molecule has 1 fully saturated rings. The molecular formula is C23H24F6O4. The number of unbranched alkanes of at least 4 members (excludes halogenated alkanes) is 3. The molecule has 0 unspecified atom stereocenters. The second-order valence-electron chi connectivity index (χ2n) is 8.14. The standard InChI is InChI=1S/C23H24F6O4/c24-22(25,26)16-11-15(12-17(13-16)23(27,28)29)19(30)9-7-14-8-10-20(31)18(14)5-3-1-2-4-6-21(32)33/h7,9,11-14,18H,1-6,8,10H2,(H,32,33)/t14-,18+/m1/s1. The zero-order chi connectivity index (χ0) is 24.8. The number of carbonyl (C=O) groups excluding carboxylic acids is 2. The lowest BCUT2D eigenvalue weighted by molar-refractivity contribution is -0.143. The summed E-state index contributed by atoms with van der Waals surface area (Å²) in [4.78, 5) is 35.1. The summed E-state index contributed by atoms with van der Waals surface area (Å²) in [7, 11) is 0. The summed E-state index contributed by atoms with van der Waals surface area (Å²) in [6, 6.07) is 0.731. The van der Waals surface area contributed by atoms with Crippen molar-refractivity contribution in [1.29, 1.82) is 0 Å². The molecule has 0 spiro atoms. The fourth-order valence-corrected chi connectivity index (χ4v) is 3.94. The number of aliphatic carboxylic acids is 1. The number of carboxylic acids is 1. The van der Waals surface area contributed by atoms with E-state index >= 15 is 0 Å². The van der Waals surface area contributed by atoms with Crippen LogP contribution in [-0.2, 0) is 21.9 Å². The summed E-state index contributed by atoms with van der Waals surface area (Å²) < 4.78 is 78.0. The van der Waals surface area contributed by atoms with E-state index in [4.69, 9.17) is 5.11 Å². The van der Waals surface area contributed by atoms with E-state index in [0.29, 0.717) is 44.2 Å². The normalized spacial score (nSPS) is 19.4. The average molecular weight is 478 g/mol. The number of allylic oxidation sites excluding steroid dienone is 2. The Hall–Kier alpha value is -2.65. The molecule has 10 heteroatoms. The molecule has 0 amide bonds.